The molecule has 1 N–H and O–H groups in total. The van der Waals surface area contributed by atoms with Crippen LogP contribution in [0.15, 0.2) is 4.63 Å². The van der Waals surface area contributed by atoms with Gasteiger partial charge in [-0.05, 0) is 4.90 Å². The second kappa shape index (κ2) is 4.64. The van der Waals surface area contributed by atoms with E-state index in [1.54, 1.807) is 0 Å². The maximum atomic E-state index is 12.8. The van der Waals surface area contributed by atoms with Gasteiger partial charge in [-0.25, -0.2) is 4.90 Å². The Morgan fingerprint density at radius 1 is 1.32 bits per heavy atom. The SMILES string of the molecule is C[C@H]1[C@H](N2CCOCC2)[N+]([O-])=C2CCc3c(no[n+]3[O-])[C@]21O. The number of aliphatic hydroxyl groups is 1. The smallest absolute Gasteiger partial charge is 0.263 e. The van der Waals surface area contributed by atoms with E-state index in [1.165, 1.54) is 0 Å². The molecule has 0 bridgehead atoms. The third kappa shape index (κ3) is 1.61. The highest BCUT2D eigenvalue weighted by Crippen LogP contribution is 2.44. The van der Waals surface area contributed by atoms with Crippen LogP contribution in [0, 0.1) is 16.3 Å². The molecule has 1 aromatic rings. The van der Waals surface area contributed by atoms with Gasteiger partial charge in [-0.3, -0.25) is 4.63 Å². The van der Waals surface area contributed by atoms with Crippen molar-refractivity contribution in [1.82, 2.24) is 10.1 Å². The van der Waals surface area contributed by atoms with Crippen molar-refractivity contribution in [2.75, 3.05) is 26.3 Å². The van der Waals surface area contributed by atoms with Crippen molar-refractivity contribution in [1.29, 1.82) is 0 Å². The topological polar surface area (TPSA) is 112 Å². The lowest BCUT2D eigenvalue weighted by Gasteiger charge is -2.33. The summed E-state index contributed by atoms with van der Waals surface area (Å²) >= 11 is 0. The van der Waals surface area contributed by atoms with Gasteiger partial charge in [0.15, 0.2) is 0 Å². The molecule has 1 fully saturated rings. The summed E-state index contributed by atoms with van der Waals surface area (Å²) in [7, 11) is 0. The van der Waals surface area contributed by atoms with Gasteiger partial charge in [0.25, 0.3) is 5.69 Å². The van der Waals surface area contributed by atoms with Gasteiger partial charge in [-0.1, -0.05) is 6.92 Å². The first-order valence-electron chi connectivity index (χ1n) is 7.51. The number of fused-ring (bicyclic) bond motifs is 3. The van der Waals surface area contributed by atoms with Gasteiger partial charge < -0.3 is 20.3 Å². The molecule has 3 aliphatic rings. The Labute approximate surface area is 126 Å². The molecule has 0 unspecified atom stereocenters. The predicted molar refractivity (Wildman–Crippen MR) is 71.7 cm³/mol. The van der Waals surface area contributed by atoms with E-state index in [9.17, 15) is 15.5 Å². The van der Waals surface area contributed by atoms with Crippen LogP contribution < -0.4 is 4.90 Å². The molecule has 0 aromatic carbocycles. The standard InChI is InChI=1S/C13H18N4O5/c1-8-12(15-4-6-21-7-5-15)16(19)10-3-2-9-11(13(8,10)18)14-22-17(9)20/h8,12,18H,2-7H2,1H3/t8-,12+,13+/m0/s1. The summed E-state index contributed by atoms with van der Waals surface area (Å²) in [6, 6.07) is 0. The summed E-state index contributed by atoms with van der Waals surface area (Å²) in [6.45, 7) is 4.24. The Hall–Kier alpha value is -1.71. The first kappa shape index (κ1) is 13.9. The maximum absolute atomic E-state index is 12.8. The first-order chi connectivity index (χ1) is 10.5. The Balaban J connectivity index is 1.78. The summed E-state index contributed by atoms with van der Waals surface area (Å²) in [6.07, 6.45) is 0.203. The third-order valence-corrected chi connectivity index (χ3v) is 5.13. The fourth-order valence-corrected chi connectivity index (χ4v) is 3.97. The fraction of sp³-hybridized carbons (Fsp3) is 0.769. The Bertz CT molecular complexity index is 638. The molecule has 1 saturated heterocycles. The van der Waals surface area contributed by atoms with Crippen LogP contribution in [-0.2, 0) is 16.8 Å². The van der Waals surface area contributed by atoms with Gasteiger partial charge in [-0.15, -0.1) is 0 Å². The fourth-order valence-electron chi connectivity index (χ4n) is 3.97. The van der Waals surface area contributed by atoms with E-state index in [-0.39, 0.29) is 5.69 Å². The Kier molecular flexibility index (Phi) is 2.94. The van der Waals surface area contributed by atoms with Crippen molar-refractivity contribution in [3.63, 3.8) is 0 Å². The van der Waals surface area contributed by atoms with E-state index in [4.69, 9.17) is 4.74 Å². The lowest BCUT2D eigenvalue weighted by Crippen LogP contribution is -2.51. The van der Waals surface area contributed by atoms with E-state index in [0.717, 1.165) is 4.74 Å². The summed E-state index contributed by atoms with van der Waals surface area (Å²) in [4.78, 5) is 2.35. The van der Waals surface area contributed by atoms with Crippen LogP contribution >= 0.6 is 0 Å². The van der Waals surface area contributed by atoms with Gasteiger partial charge in [0.1, 0.15) is 0 Å². The van der Waals surface area contributed by atoms with Crippen LogP contribution in [0.5, 0.6) is 0 Å². The molecule has 1 aliphatic carbocycles. The molecule has 0 amide bonds. The lowest BCUT2D eigenvalue weighted by molar-refractivity contribution is -0.808. The summed E-state index contributed by atoms with van der Waals surface area (Å²) < 4.78 is 10.9. The van der Waals surface area contributed by atoms with Gasteiger partial charge >= 0.3 is 0 Å². The van der Waals surface area contributed by atoms with E-state index < -0.39 is 17.7 Å². The molecule has 22 heavy (non-hydrogen) atoms. The van der Waals surface area contributed by atoms with Crippen molar-refractivity contribution >= 4 is 5.71 Å². The van der Waals surface area contributed by atoms with Gasteiger partial charge in [0.2, 0.25) is 23.2 Å². The third-order valence-electron chi connectivity index (χ3n) is 5.13. The summed E-state index contributed by atoms with van der Waals surface area (Å²) in [5.41, 5.74) is -0.655. The number of ether oxygens (including phenoxy) is 1. The monoisotopic (exact) mass is 310 g/mol. The number of aromatic nitrogens is 2. The average molecular weight is 310 g/mol. The molecule has 9 nitrogen and oxygen atoms in total. The number of hydrogen-bond acceptors (Lipinski definition) is 7. The molecule has 3 heterocycles. The zero-order valence-corrected chi connectivity index (χ0v) is 12.3. The average Bonchev–Trinajstić information content (AvgIpc) is 2.99. The highest BCUT2D eigenvalue weighted by molar-refractivity contribution is 5.92. The number of hydrogen-bond donors (Lipinski definition) is 1. The van der Waals surface area contributed by atoms with Crippen molar-refractivity contribution < 1.29 is 24.1 Å². The molecule has 0 spiro atoms. The normalized spacial score (nSPS) is 35.5. The Morgan fingerprint density at radius 2 is 2.05 bits per heavy atom. The highest BCUT2D eigenvalue weighted by Gasteiger charge is 2.65. The summed E-state index contributed by atoms with van der Waals surface area (Å²) in [5, 5.41) is 39.3. The van der Waals surface area contributed by atoms with Crippen LogP contribution in [-0.4, -0.2) is 58.1 Å². The largest absolute Gasteiger partial charge is 0.623 e. The summed E-state index contributed by atoms with van der Waals surface area (Å²) in [5.74, 6) is -0.415. The van der Waals surface area contributed by atoms with Crippen LogP contribution in [0.1, 0.15) is 24.7 Å². The number of morpholine rings is 1. The number of rotatable bonds is 1. The van der Waals surface area contributed by atoms with Crippen LogP contribution in [0.25, 0.3) is 0 Å². The van der Waals surface area contributed by atoms with Crippen LogP contribution in [0.2, 0.25) is 0 Å². The van der Waals surface area contributed by atoms with Gasteiger partial charge in [0, 0.05) is 31.1 Å². The minimum absolute atomic E-state index is 0.188. The second-order valence-electron chi connectivity index (χ2n) is 6.11. The molecule has 3 atom stereocenters. The molecule has 0 radical (unpaired) electrons. The zero-order chi connectivity index (χ0) is 15.5. The molecule has 0 saturated carbocycles. The predicted octanol–water partition coefficient (Wildman–Crippen LogP) is -1.30. The van der Waals surface area contributed by atoms with Gasteiger partial charge in [0.05, 0.1) is 19.1 Å². The minimum Gasteiger partial charge on any atom is -0.623 e. The second-order valence-corrected chi connectivity index (χ2v) is 6.11. The first-order valence-corrected chi connectivity index (χ1v) is 7.51. The van der Waals surface area contributed by atoms with E-state index in [2.05, 4.69) is 9.79 Å². The Morgan fingerprint density at radius 3 is 2.77 bits per heavy atom. The number of nitrogens with zero attached hydrogens (tertiary/aromatic N) is 4. The van der Waals surface area contributed by atoms with Crippen molar-refractivity contribution in [2.24, 2.45) is 5.92 Å². The van der Waals surface area contributed by atoms with Crippen molar-refractivity contribution in [3.8, 4) is 0 Å². The molecule has 9 heteroatoms. The van der Waals surface area contributed by atoms with Crippen LogP contribution in [0.3, 0.4) is 0 Å². The number of hydroxylamine groups is 1. The van der Waals surface area contributed by atoms with Crippen LogP contribution in [0.4, 0.5) is 0 Å². The van der Waals surface area contributed by atoms with E-state index >= 15 is 0 Å². The minimum atomic E-state index is -1.53. The quantitative estimate of drug-likeness (QED) is 0.507. The molecule has 120 valence electrons. The molecular formula is C13H18N4O5. The van der Waals surface area contributed by atoms with Crippen molar-refractivity contribution in [2.45, 2.75) is 31.5 Å². The zero-order valence-electron chi connectivity index (χ0n) is 12.3. The molecule has 4 rings (SSSR count). The van der Waals surface area contributed by atoms with E-state index in [0.29, 0.717) is 55.5 Å². The maximum Gasteiger partial charge on any atom is 0.263 e. The van der Waals surface area contributed by atoms with Crippen molar-refractivity contribution in [3.05, 3.63) is 21.8 Å². The van der Waals surface area contributed by atoms with Gasteiger partial charge in [-0.2, -0.15) is 4.74 Å². The van der Waals surface area contributed by atoms with E-state index in [1.807, 2.05) is 11.8 Å². The molecule has 1 aromatic heterocycles. The molecular weight excluding hydrogens is 292 g/mol. The molecule has 2 aliphatic heterocycles. The lowest BCUT2D eigenvalue weighted by atomic mass is 9.76. The highest BCUT2D eigenvalue weighted by atomic mass is 16.8.